The minimum Gasteiger partial charge on any atom is -0.321 e. The second-order valence-electron chi connectivity index (χ2n) is 2.38. The van der Waals surface area contributed by atoms with E-state index in [4.69, 9.17) is 11.5 Å². The van der Waals surface area contributed by atoms with Crippen LogP contribution in [0, 0.1) is 0 Å². The fraction of sp³-hybridized carbons (Fsp3) is 0.714. The molecule has 0 amide bonds. The van der Waals surface area contributed by atoms with Gasteiger partial charge in [-0.25, -0.2) is 0 Å². The molecule has 62 valence electrons. The molecule has 11 heavy (non-hydrogen) atoms. The Kier molecular flexibility index (Phi) is 5.60. The lowest BCUT2D eigenvalue weighted by atomic mass is 10.1. The molecular formula is C7H12N2O2. The molecule has 0 aliphatic carbocycles. The molecule has 4 heteroatoms. The molecule has 2 unspecified atom stereocenters. The summed E-state index contributed by atoms with van der Waals surface area (Å²) in [4.78, 5) is 19.8. The molecule has 0 aliphatic rings. The van der Waals surface area contributed by atoms with E-state index in [1.165, 1.54) is 0 Å². The van der Waals surface area contributed by atoms with Crippen LogP contribution in [0.5, 0.6) is 0 Å². The number of rotatable bonds is 6. The van der Waals surface area contributed by atoms with E-state index in [0.717, 1.165) is 0 Å². The molecule has 4 N–H and O–H groups in total. The van der Waals surface area contributed by atoms with Gasteiger partial charge in [-0.2, -0.15) is 0 Å². The highest BCUT2D eigenvalue weighted by Gasteiger charge is 2.04. The topological polar surface area (TPSA) is 86.2 Å². The van der Waals surface area contributed by atoms with E-state index in [0.29, 0.717) is 19.3 Å². The second kappa shape index (κ2) is 6.00. The minimum absolute atomic E-state index is 0.527. The molecule has 0 fully saturated rings. The third-order valence-electron chi connectivity index (χ3n) is 1.33. The van der Waals surface area contributed by atoms with Crippen molar-refractivity contribution in [2.24, 2.45) is 11.5 Å². The molecule has 2 radical (unpaired) electrons. The van der Waals surface area contributed by atoms with Crippen LogP contribution in [0.25, 0.3) is 0 Å². The zero-order valence-electron chi connectivity index (χ0n) is 6.25. The highest BCUT2D eigenvalue weighted by Crippen LogP contribution is 1.98. The summed E-state index contributed by atoms with van der Waals surface area (Å²) in [5.41, 5.74) is 10.5. The van der Waals surface area contributed by atoms with Gasteiger partial charge in [-0.1, -0.05) is 0 Å². The quantitative estimate of drug-likeness (QED) is 0.518. The van der Waals surface area contributed by atoms with Crippen molar-refractivity contribution in [2.45, 2.75) is 31.3 Å². The van der Waals surface area contributed by atoms with Gasteiger partial charge in [0.05, 0.1) is 12.1 Å². The first-order valence-electron chi connectivity index (χ1n) is 3.47. The van der Waals surface area contributed by atoms with E-state index < -0.39 is 12.1 Å². The molecule has 0 saturated heterocycles. The Bertz CT molecular complexity index is 114. The van der Waals surface area contributed by atoms with Crippen LogP contribution in [-0.2, 0) is 9.59 Å². The minimum atomic E-state index is -0.547. The van der Waals surface area contributed by atoms with Crippen molar-refractivity contribution < 1.29 is 9.59 Å². The van der Waals surface area contributed by atoms with Gasteiger partial charge < -0.3 is 11.5 Å². The van der Waals surface area contributed by atoms with Gasteiger partial charge in [0.1, 0.15) is 0 Å². The molecule has 0 aromatic rings. The number of hydrogen-bond acceptors (Lipinski definition) is 4. The van der Waals surface area contributed by atoms with Gasteiger partial charge in [-0.3, -0.25) is 9.59 Å². The van der Waals surface area contributed by atoms with Crippen molar-refractivity contribution in [2.75, 3.05) is 0 Å². The van der Waals surface area contributed by atoms with Gasteiger partial charge in [-0.15, -0.1) is 0 Å². The average Bonchev–Trinajstić information content (AvgIpc) is 2.04. The number of hydrogen-bond donors (Lipinski definition) is 2. The van der Waals surface area contributed by atoms with Gasteiger partial charge in [0, 0.05) is 0 Å². The Hall–Kier alpha value is -0.740. The fourth-order valence-corrected chi connectivity index (χ4v) is 0.676. The lowest BCUT2D eigenvalue weighted by Gasteiger charge is -2.03. The van der Waals surface area contributed by atoms with E-state index in [2.05, 4.69) is 0 Å². The lowest BCUT2D eigenvalue weighted by molar-refractivity contribution is 0.515. The molecule has 0 aromatic carbocycles. The standard InChI is InChI=1S/C7H12N2O2/c8-6(4-10)2-1-3-7(9)5-11/h6-7H,1-3,8-9H2. The Morgan fingerprint density at radius 2 is 1.36 bits per heavy atom. The lowest BCUT2D eigenvalue weighted by Crippen LogP contribution is -2.24. The van der Waals surface area contributed by atoms with Crippen molar-refractivity contribution in [3.63, 3.8) is 0 Å². The Morgan fingerprint density at radius 1 is 1.00 bits per heavy atom. The van der Waals surface area contributed by atoms with Gasteiger partial charge in [-0.05, 0) is 19.3 Å². The molecule has 0 saturated carbocycles. The Balaban J connectivity index is 3.26. The van der Waals surface area contributed by atoms with Gasteiger partial charge >= 0.3 is 0 Å². The van der Waals surface area contributed by atoms with Crippen molar-refractivity contribution in [1.29, 1.82) is 0 Å². The summed E-state index contributed by atoms with van der Waals surface area (Å²) >= 11 is 0. The molecule has 0 heterocycles. The van der Waals surface area contributed by atoms with Crippen LogP contribution >= 0.6 is 0 Å². The highest BCUT2D eigenvalue weighted by molar-refractivity contribution is 5.58. The van der Waals surface area contributed by atoms with E-state index in [1.807, 2.05) is 0 Å². The van der Waals surface area contributed by atoms with Gasteiger partial charge in [0.2, 0.25) is 12.6 Å². The predicted octanol–water partition coefficient (Wildman–Crippen LogP) is -0.969. The first-order chi connectivity index (χ1) is 5.20. The first kappa shape index (κ1) is 10.3. The van der Waals surface area contributed by atoms with E-state index in [-0.39, 0.29) is 0 Å². The molecular weight excluding hydrogens is 144 g/mol. The number of carbonyl (C=O) groups excluding carboxylic acids is 2. The van der Waals surface area contributed by atoms with E-state index in [9.17, 15) is 9.59 Å². The maximum atomic E-state index is 9.89. The molecule has 0 bridgehead atoms. The molecule has 0 aliphatic heterocycles. The smallest absolute Gasteiger partial charge is 0.216 e. The first-order valence-corrected chi connectivity index (χ1v) is 3.47. The van der Waals surface area contributed by atoms with E-state index in [1.54, 1.807) is 12.6 Å². The van der Waals surface area contributed by atoms with Crippen molar-refractivity contribution in [3.8, 4) is 0 Å². The van der Waals surface area contributed by atoms with Gasteiger partial charge in [0.25, 0.3) is 0 Å². The summed E-state index contributed by atoms with van der Waals surface area (Å²) in [6, 6.07) is -1.09. The van der Waals surface area contributed by atoms with Crippen LogP contribution in [0.1, 0.15) is 19.3 Å². The summed E-state index contributed by atoms with van der Waals surface area (Å²) in [5, 5.41) is 0. The van der Waals surface area contributed by atoms with Crippen molar-refractivity contribution in [1.82, 2.24) is 0 Å². The molecule has 0 aromatic heterocycles. The van der Waals surface area contributed by atoms with Crippen LogP contribution in [0.2, 0.25) is 0 Å². The SMILES string of the molecule is NC([C]=O)CCCC(N)[C]=O. The summed E-state index contributed by atoms with van der Waals surface area (Å²) < 4.78 is 0. The third-order valence-corrected chi connectivity index (χ3v) is 1.33. The summed E-state index contributed by atoms with van der Waals surface area (Å²) in [6.07, 6.45) is 5.00. The normalized spacial score (nSPS) is 15.5. The van der Waals surface area contributed by atoms with Crippen LogP contribution in [0.4, 0.5) is 0 Å². The summed E-state index contributed by atoms with van der Waals surface area (Å²) in [5.74, 6) is 0. The fourth-order valence-electron chi connectivity index (χ4n) is 0.676. The molecule has 0 spiro atoms. The predicted molar refractivity (Wildman–Crippen MR) is 41.2 cm³/mol. The monoisotopic (exact) mass is 156 g/mol. The van der Waals surface area contributed by atoms with Crippen LogP contribution < -0.4 is 11.5 Å². The maximum Gasteiger partial charge on any atom is 0.216 e. The van der Waals surface area contributed by atoms with E-state index >= 15 is 0 Å². The largest absolute Gasteiger partial charge is 0.321 e. The zero-order valence-corrected chi connectivity index (χ0v) is 6.25. The highest BCUT2D eigenvalue weighted by atomic mass is 16.1. The maximum absolute atomic E-state index is 9.89. The summed E-state index contributed by atoms with van der Waals surface area (Å²) in [7, 11) is 0. The number of nitrogens with two attached hydrogens (primary N) is 2. The average molecular weight is 156 g/mol. The second-order valence-corrected chi connectivity index (χ2v) is 2.38. The third kappa shape index (κ3) is 5.69. The van der Waals surface area contributed by atoms with Crippen LogP contribution in [0.3, 0.4) is 0 Å². The summed E-state index contributed by atoms with van der Waals surface area (Å²) in [6.45, 7) is 0. The Labute approximate surface area is 65.9 Å². The molecule has 4 nitrogen and oxygen atoms in total. The molecule has 2 atom stereocenters. The van der Waals surface area contributed by atoms with Crippen molar-refractivity contribution >= 4 is 12.6 Å². The van der Waals surface area contributed by atoms with Crippen LogP contribution in [-0.4, -0.2) is 24.7 Å². The molecule has 0 rings (SSSR count). The zero-order chi connectivity index (χ0) is 8.69. The van der Waals surface area contributed by atoms with Gasteiger partial charge in [0.15, 0.2) is 0 Å². The van der Waals surface area contributed by atoms with Crippen LogP contribution in [0.15, 0.2) is 0 Å². The Morgan fingerprint density at radius 3 is 1.64 bits per heavy atom. The van der Waals surface area contributed by atoms with Crippen molar-refractivity contribution in [3.05, 3.63) is 0 Å².